The number of hydrogen-bond acceptors (Lipinski definition) is 2. The Morgan fingerprint density at radius 1 is 1.18 bits per heavy atom. The lowest BCUT2D eigenvalue weighted by molar-refractivity contribution is 0.305. The largest absolute Gasteiger partial charge is 0.316 e. The van der Waals surface area contributed by atoms with Crippen molar-refractivity contribution in [3.05, 3.63) is 29.3 Å². The Labute approximate surface area is 110 Å². The zero-order chi connectivity index (χ0) is 13.1. The summed E-state index contributed by atoms with van der Waals surface area (Å²) < 4.78 is 0. The van der Waals surface area contributed by atoms with Gasteiger partial charge in [-0.15, -0.1) is 11.8 Å². The fourth-order valence-electron chi connectivity index (χ4n) is 1.75. The maximum Gasteiger partial charge on any atom is 0.0207 e. The molecule has 0 bridgehead atoms. The van der Waals surface area contributed by atoms with Crippen molar-refractivity contribution in [3.8, 4) is 0 Å². The summed E-state index contributed by atoms with van der Waals surface area (Å²) in [4.78, 5) is 1.37. The molecule has 1 rings (SSSR count). The minimum atomic E-state index is 0.307. The molecule has 1 aromatic carbocycles. The number of rotatable bonds is 4. The summed E-state index contributed by atoms with van der Waals surface area (Å²) in [6.45, 7) is 11.2. The standard InChI is InChI=1S/C15H25NS/c1-11-7-8-13(9-12(11)2)17-10-14(16-6)15(3,4)5/h7-9,14,16H,10H2,1-6H3. The molecule has 17 heavy (non-hydrogen) atoms. The van der Waals surface area contributed by atoms with Crippen LogP contribution in [-0.4, -0.2) is 18.8 Å². The maximum absolute atomic E-state index is 3.42. The molecule has 0 aromatic heterocycles. The molecule has 0 heterocycles. The van der Waals surface area contributed by atoms with Gasteiger partial charge in [-0.1, -0.05) is 26.8 Å². The number of thioether (sulfide) groups is 1. The Bertz CT molecular complexity index is 366. The van der Waals surface area contributed by atoms with Crippen LogP contribution in [0.5, 0.6) is 0 Å². The Kier molecular flexibility index (Phi) is 5.08. The minimum absolute atomic E-state index is 0.307. The average molecular weight is 251 g/mol. The van der Waals surface area contributed by atoms with E-state index in [0.717, 1.165) is 5.75 Å². The van der Waals surface area contributed by atoms with E-state index in [-0.39, 0.29) is 0 Å². The van der Waals surface area contributed by atoms with Crippen LogP contribution in [0.15, 0.2) is 23.1 Å². The average Bonchev–Trinajstić information content (AvgIpc) is 2.22. The molecule has 0 radical (unpaired) electrons. The van der Waals surface area contributed by atoms with Crippen LogP contribution in [0, 0.1) is 19.3 Å². The van der Waals surface area contributed by atoms with Crippen LogP contribution in [-0.2, 0) is 0 Å². The van der Waals surface area contributed by atoms with Gasteiger partial charge in [0, 0.05) is 16.7 Å². The zero-order valence-corrected chi connectivity index (χ0v) is 12.7. The van der Waals surface area contributed by atoms with E-state index in [1.807, 2.05) is 11.8 Å². The molecule has 1 unspecified atom stereocenters. The third kappa shape index (κ3) is 4.36. The van der Waals surface area contributed by atoms with E-state index < -0.39 is 0 Å². The minimum Gasteiger partial charge on any atom is -0.316 e. The first-order valence-corrected chi connectivity index (χ1v) is 7.20. The highest BCUT2D eigenvalue weighted by Crippen LogP contribution is 2.27. The Morgan fingerprint density at radius 2 is 1.82 bits per heavy atom. The number of nitrogens with one attached hydrogen (secondary N) is 1. The summed E-state index contributed by atoms with van der Waals surface area (Å²) in [5.41, 5.74) is 3.06. The van der Waals surface area contributed by atoms with Gasteiger partial charge in [-0.25, -0.2) is 0 Å². The van der Waals surface area contributed by atoms with Crippen molar-refractivity contribution in [2.24, 2.45) is 5.41 Å². The van der Waals surface area contributed by atoms with Gasteiger partial charge >= 0.3 is 0 Å². The molecular formula is C15H25NS. The predicted molar refractivity (Wildman–Crippen MR) is 78.9 cm³/mol. The van der Waals surface area contributed by atoms with Crippen LogP contribution in [0.25, 0.3) is 0 Å². The molecule has 1 N–H and O–H groups in total. The van der Waals surface area contributed by atoms with Gasteiger partial charge in [-0.3, -0.25) is 0 Å². The highest BCUT2D eigenvalue weighted by atomic mass is 32.2. The first kappa shape index (κ1) is 14.6. The molecule has 1 aromatic rings. The quantitative estimate of drug-likeness (QED) is 0.811. The van der Waals surface area contributed by atoms with Gasteiger partial charge in [-0.2, -0.15) is 0 Å². The smallest absolute Gasteiger partial charge is 0.0207 e. The van der Waals surface area contributed by atoms with Crippen LogP contribution in [0.4, 0.5) is 0 Å². The summed E-state index contributed by atoms with van der Waals surface area (Å²) in [6, 6.07) is 7.26. The first-order valence-electron chi connectivity index (χ1n) is 6.22. The molecule has 1 atom stereocenters. The number of benzene rings is 1. The van der Waals surface area contributed by atoms with Crippen LogP contribution in [0.3, 0.4) is 0 Å². The van der Waals surface area contributed by atoms with Gasteiger partial charge < -0.3 is 5.32 Å². The lowest BCUT2D eigenvalue weighted by atomic mass is 9.88. The van der Waals surface area contributed by atoms with Gasteiger partial charge in [0.15, 0.2) is 0 Å². The molecular weight excluding hydrogens is 226 g/mol. The van der Waals surface area contributed by atoms with Crippen molar-refractivity contribution in [2.75, 3.05) is 12.8 Å². The topological polar surface area (TPSA) is 12.0 Å². The van der Waals surface area contributed by atoms with E-state index in [2.05, 4.69) is 65.2 Å². The summed E-state index contributed by atoms with van der Waals surface area (Å²) in [5, 5.41) is 3.42. The fourth-order valence-corrected chi connectivity index (χ4v) is 3.20. The maximum atomic E-state index is 3.42. The van der Waals surface area contributed by atoms with Crippen molar-refractivity contribution in [1.82, 2.24) is 5.32 Å². The Balaban J connectivity index is 2.63. The van der Waals surface area contributed by atoms with E-state index in [9.17, 15) is 0 Å². The van der Waals surface area contributed by atoms with Crippen molar-refractivity contribution in [2.45, 2.75) is 45.6 Å². The lowest BCUT2D eigenvalue weighted by Gasteiger charge is -2.30. The molecule has 0 aliphatic rings. The Morgan fingerprint density at radius 3 is 2.29 bits per heavy atom. The van der Waals surface area contributed by atoms with Crippen LogP contribution in [0.2, 0.25) is 0 Å². The summed E-state index contributed by atoms with van der Waals surface area (Å²) in [5.74, 6) is 1.11. The molecule has 0 aliphatic carbocycles. The second-order valence-electron chi connectivity index (χ2n) is 5.76. The lowest BCUT2D eigenvalue weighted by Crippen LogP contribution is -2.40. The molecule has 96 valence electrons. The van der Waals surface area contributed by atoms with E-state index in [1.165, 1.54) is 16.0 Å². The summed E-state index contributed by atoms with van der Waals surface area (Å²) in [7, 11) is 2.05. The third-order valence-electron chi connectivity index (χ3n) is 3.29. The van der Waals surface area contributed by atoms with E-state index in [0.29, 0.717) is 11.5 Å². The zero-order valence-electron chi connectivity index (χ0n) is 11.9. The van der Waals surface area contributed by atoms with E-state index in [1.54, 1.807) is 0 Å². The summed E-state index contributed by atoms with van der Waals surface area (Å²) >= 11 is 1.94. The molecule has 0 saturated carbocycles. The fraction of sp³-hybridized carbons (Fsp3) is 0.600. The SMILES string of the molecule is CNC(CSc1ccc(C)c(C)c1)C(C)(C)C. The van der Waals surface area contributed by atoms with Crippen LogP contribution >= 0.6 is 11.8 Å². The van der Waals surface area contributed by atoms with Gasteiger partial charge in [0.05, 0.1) is 0 Å². The normalized spacial score (nSPS) is 13.8. The molecule has 0 saturated heterocycles. The van der Waals surface area contributed by atoms with Crippen molar-refractivity contribution in [1.29, 1.82) is 0 Å². The van der Waals surface area contributed by atoms with Gasteiger partial charge in [0.25, 0.3) is 0 Å². The summed E-state index contributed by atoms with van der Waals surface area (Å²) in [6.07, 6.45) is 0. The second kappa shape index (κ2) is 5.92. The monoisotopic (exact) mass is 251 g/mol. The first-order chi connectivity index (χ1) is 7.84. The molecule has 0 fully saturated rings. The van der Waals surface area contributed by atoms with Crippen LogP contribution < -0.4 is 5.32 Å². The molecule has 0 aliphatic heterocycles. The van der Waals surface area contributed by atoms with Crippen molar-refractivity contribution in [3.63, 3.8) is 0 Å². The van der Waals surface area contributed by atoms with Gasteiger partial charge in [0.1, 0.15) is 0 Å². The van der Waals surface area contributed by atoms with E-state index in [4.69, 9.17) is 0 Å². The molecule has 0 spiro atoms. The Hall–Kier alpha value is -0.470. The molecule has 1 nitrogen and oxygen atoms in total. The van der Waals surface area contributed by atoms with Gasteiger partial charge in [0.2, 0.25) is 0 Å². The highest BCUT2D eigenvalue weighted by Gasteiger charge is 2.22. The molecule has 0 amide bonds. The van der Waals surface area contributed by atoms with Gasteiger partial charge in [-0.05, 0) is 49.6 Å². The van der Waals surface area contributed by atoms with Crippen molar-refractivity contribution >= 4 is 11.8 Å². The second-order valence-corrected chi connectivity index (χ2v) is 6.86. The predicted octanol–water partition coefficient (Wildman–Crippen LogP) is 4.03. The number of hydrogen-bond donors (Lipinski definition) is 1. The van der Waals surface area contributed by atoms with E-state index >= 15 is 0 Å². The van der Waals surface area contributed by atoms with Crippen LogP contribution in [0.1, 0.15) is 31.9 Å². The third-order valence-corrected chi connectivity index (χ3v) is 4.38. The highest BCUT2D eigenvalue weighted by molar-refractivity contribution is 7.99. The molecule has 2 heteroatoms. The van der Waals surface area contributed by atoms with Crippen molar-refractivity contribution < 1.29 is 0 Å². The number of aryl methyl sites for hydroxylation is 2.